The zero-order valence-corrected chi connectivity index (χ0v) is 17.7. The highest BCUT2D eigenvalue weighted by Crippen LogP contribution is 2.60. The molecule has 1 fully saturated rings. The van der Waals surface area contributed by atoms with Crippen LogP contribution in [0.15, 0.2) is 59.9 Å². The van der Waals surface area contributed by atoms with Gasteiger partial charge < -0.3 is 9.64 Å². The van der Waals surface area contributed by atoms with Gasteiger partial charge in [-0.3, -0.25) is 14.9 Å². The van der Waals surface area contributed by atoms with E-state index in [0.29, 0.717) is 18.5 Å². The molecule has 2 aromatic rings. The van der Waals surface area contributed by atoms with Crippen molar-refractivity contribution in [3.05, 3.63) is 81.1 Å². The number of nitro groups is 1. The van der Waals surface area contributed by atoms with Gasteiger partial charge in [-0.15, -0.1) is 0 Å². The van der Waals surface area contributed by atoms with E-state index in [1.807, 2.05) is 36.4 Å². The zero-order valence-electron chi connectivity index (χ0n) is 17.7. The summed E-state index contributed by atoms with van der Waals surface area (Å²) in [5, 5.41) is 31.6. The number of amides is 1. The average Bonchev–Trinajstić information content (AvgIpc) is 3.08. The van der Waals surface area contributed by atoms with Crippen molar-refractivity contribution >= 4 is 17.3 Å². The summed E-state index contributed by atoms with van der Waals surface area (Å²) in [7, 11) is 0. The van der Waals surface area contributed by atoms with Crippen LogP contribution in [-0.4, -0.2) is 10.8 Å². The Balaban J connectivity index is 1.77. The second-order valence-corrected chi connectivity index (χ2v) is 8.61. The summed E-state index contributed by atoms with van der Waals surface area (Å²) in [6.07, 6.45) is 2.87. The van der Waals surface area contributed by atoms with Crippen LogP contribution >= 0.6 is 0 Å². The normalized spacial score (nSPS) is 25.6. The molecule has 0 radical (unpaired) electrons. The van der Waals surface area contributed by atoms with Gasteiger partial charge in [-0.2, -0.15) is 10.5 Å². The van der Waals surface area contributed by atoms with Gasteiger partial charge in [0, 0.05) is 17.9 Å². The Morgan fingerprint density at radius 1 is 1.09 bits per heavy atom. The molecule has 3 unspecified atom stereocenters. The van der Waals surface area contributed by atoms with Crippen molar-refractivity contribution in [2.45, 2.75) is 37.8 Å². The topological polar surface area (TPSA) is 120 Å². The Morgan fingerprint density at radius 3 is 2.55 bits per heavy atom. The maximum atomic E-state index is 14.2. The molecular formula is C25H20N4O4. The number of hydrogen-bond acceptors (Lipinski definition) is 6. The Labute approximate surface area is 190 Å². The minimum atomic E-state index is -1.70. The molecule has 2 aromatic carbocycles. The van der Waals surface area contributed by atoms with Gasteiger partial charge in [0.2, 0.25) is 11.4 Å². The molecule has 5 rings (SSSR count). The predicted octanol–water partition coefficient (Wildman–Crippen LogP) is 4.47. The van der Waals surface area contributed by atoms with Crippen molar-refractivity contribution in [1.29, 1.82) is 10.5 Å². The van der Waals surface area contributed by atoms with Crippen LogP contribution in [0.2, 0.25) is 0 Å². The summed E-state index contributed by atoms with van der Waals surface area (Å²) in [4.78, 5) is 27.3. The van der Waals surface area contributed by atoms with E-state index in [2.05, 4.69) is 6.07 Å². The van der Waals surface area contributed by atoms with Crippen LogP contribution in [0.4, 0.5) is 11.4 Å². The number of anilines is 1. The number of allylic oxidation sites excluding steroid dienone is 2. The lowest BCUT2D eigenvalue weighted by Gasteiger charge is -2.46. The lowest BCUT2D eigenvalue weighted by atomic mass is 9.63. The number of nitriles is 2. The van der Waals surface area contributed by atoms with Gasteiger partial charge >= 0.3 is 0 Å². The largest absolute Gasteiger partial charge is 0.461 e. The van der Waals surface area contributed by atoms with E-state index >= 15 is 0 Å². The second-order valence-electron chi connectivity index (χ2n) is 8.61. The Kier molecular flexibility index (Phi) is 4.87. The highest BCUT2D eigenvalue weighted by atomic mass is 16.6. The van der Waals surface area contributed by atoms with Crippen molar-refractivity contribution in [3.63, 3.8) is 0 Å². The van der Waals surface area contributed by atoms with Crippen molar-refractivity contribution in [2.24, 2.45) is 11.8 Å². The fraction of sp³-hybridized carbons (Fsp3) is 0.320. The first-order chi connectivity index (χ1) is 16.0. The number of hydrogen-bond donors (Lipinski definition) is 0. The van der Waals surface area contributed by atoms with E-state index in [4.69, 9.17) is 4.74 Å². The van der Waals surface area contributed by atoms with Gasteiger partial charge in [-0.25, -0.2) is 0 Å². The molecule has 1 spiro atoms. The van der Waals surface area contributed by atoms with E-state index in [9.17, 15) is 25.4 Å². The maximum Gasteiger partial charge on any atom is 0.279 e. The second kappa shape index (κ2) is 7.75. The molecule has 0 N–H and O–H groups in total. The number of ether oxygens (including phenoxy) is 1. The lowest BCUT2D eigenvalue weighted by Crippen LogP contribution is -2.53. The van der Waals surface area contributed by atoms with E-state index in [-0.39, 0.29) is 35.0 Å². The van der Waals surface area contributed by atoms with Crippen molar-refractivity contribution in [2.75, 3.05) is 4.90 Å². The number of benzene rings is 2. The SMILES string of the molecule is N#CC1=C(C#N)C2CCCCC2C2(O1)C(=O)N(Cc1ccccc1)c1cccc([N+](=O)[O-])c12. The summed E-state index contributed by atoms with van der Waals surface area (Å²) in [6, 6.07) is 18.1. The molecular weight excluding hydrogens is 420 g/mol. The molecule has 164 valence electrons. The Morgan fingerprint density at radius 2 is 1.85 bits per heavy atom. The first-order valence-electron chi connectivity index (χ1n) is 10.9. The summed E-state index contributed by atoms with van der Waals surface area (Å²) in [5.41, 5.74) is -0.201. The summed E-state index contributed by atoms with van der Waals surface area (Å²) in [5.74, 6) is -1.46. The third-order valence-corrected chi connectivity index (χ3v) is 7.01. The quantitative estimate of drug-likeness (QED) is 0.513. The Bertz CT molecular complexity index is 1270. The van der Waals surface area contributed by atoms with Gasteiger partial charge in [-0.05, 0) is 24.5 Å². The van der Waals surface area contributed by atoms with E-state index < -0.39 is 22.3 Å². The van der Waals surface area contributed by atoms with Gasteiger partial charge in [0.1, 0.15) is 11.6 Å². The third-order valence-electron chi connectivity index (χ3n) is 7.01. The summed E-state index contributed by atoms with van der Waals surface area (Å²) < 4.78 is 6.15. The van der Waals surface area contributed by atoms with Crippen molar-refractivity contribution in [3.8, 4) is 12.1 Å². The minimum Gasteiger partial charge on any atom is -0.461 e. The molecule has 1 amide bonds. The maximum absolute atomic E-state index is 14.2. The number of carbonyl (C=O) groups is 1. The molecule has 2 heterocycles. The monoisotopic (exact) mass is 440 g/mol. The van der Waals surface area contributed by atoms with Crippen molar-refractivity contribution in [1.82, 2.24) is 0 Å². The smallest absolute Gasteiger partial charge is 0.279 e. The number of nitrogens with zero attached hydrogens (tertiary/aromatic N) is 4. The highest BCUT2D eigenvalue weighted by molar-refractivity contribution is 6.09. The fourth-order valence-electron chi connectivity index (χ4n) is 5.70. The molecule has 1 saturated carbocycles. The van der Waals surface area contributed by atoms with Crippen LogP contribution in [0.3, 0.4) is 0 Å². The highest BCUT2D eigenvalue weighted by Gasteiger charge is 2.65. The number of fused-ring (bicyclic) bond motifs is 4. The molecule has 2 aliphatic heterocycles. The van der Waals surface area contributed by atoms with Gasteiger partial charge in [-0.1, -0.05) is 49.2 Å². The number of nitro benzene ring substituents is 1. The van der Waals surface area contributed by atoms with Gasteiger partial charge in [0.25, 0.3) is 11.6 Å². The molecule has 33 heavy (non-hydrogen) atoms. The summed E-state index contributed by atoms with van der Waals surface area (Å²) >= 11 is 0. The first-order valence-corrected chi connectivity index (χ1v) is 10.9. The van der Waals surface area contributed by atoms with Crippen molar-refractivity contribution < 1.29 is 14.5 Å². The molecule has 8 nitrogen and oxygen atoms in total. The number of rotatable bonds is 3. The lowest BCUT2D eigenvalue weighted by molar-refractivity contribution is -0.386. The van der Waals surface area contributed by atoms with E-state index in [0.717, 1.165) is 18.4 Å². The standard InChI is InChI=1S/C25H20N4O4/c26-13-18-17-9-4-5-10-19(17)25(33-22(18)14-27)23-20(11-6-12-21(23)29(31)32)28(24(25)30)15-16-7-2-1-3-8-16/h1-3,6-8,11-12,17,19H,4-5,9-10,15H2. The van der Waals surface area contributed by atoms with Crippen LogP contribution in [0, 0.1) is 44.6 Å². The molecule has 0 saturated heterocycles. The van der Waals surface area contributed by atoms with Crippen LogP contribution in [0.5, 0.6) is 0 Å². The van der Waals surface area contributed by atoms with Crippen LogP contribution in [0.1, 0.15) is 36.8 Å². The van der Waals surface area contributed by atoms with Crippen LogP contribution < -0.4 is 4.90 Å². The summed E-state index contributed by atoms with van der Waals surface area (Å²) in [6.45, 7) is 0.215. The minimum absolute atomic E-state index is 0.192. The third kappa shape index (κ3) is 2.91. The fourth-order valence-corrected chi connectivity index (χ4v) is 5.70. The first kappa shape index (κ1) is 20.7. The molecule has 0 bridgehead atoms. The van der Waals surface area contributed by atoms with E-state index in [1.165, 1.54) is 11.0 Å². The van der Waals surface area contributed by atoms with Crippen LogP contribution in [-0.2, 0) is 21.7 Å². The molecule has 1 aliphatic carbocycles. The molecule has 8 heteroatoms. The molecule has 3 atom stereocenters. The zero-order chi connectivity index (χ0) is 23.2. The van der Waals surface area contributed by atoms with Gasteiger partial charge in [0.05, 0.1) is 28.8 Å². The Hall–Kier alpha value is -4.17. The van der Waals surface area contributed by atoms with E-state index in [1.54, 1.807) is 12.1 Å². The predicted molar refractivity (Wildman–Crippen MR) is 117 cm³/mol. The molecule has 3 aliphatic rings. The van der Waals surface area contributed by atoms with Gasteiger partial charge in [0.15, 0.2) is 0 Å². The van der Waals surface area contributed by atoms with Crippen LogP contribution in [0.25, 0.3) is 0 Å². The number of carbonyl (C=O) groups excluding carboxylic acids is 1. The average molecular weight is 440 g/mol. The molecule has 0 aromatic heterocycles.